The Kier molecular flexibility index (Phi) is 4.82. The number of amides is 2. The number of carbonyl (C=O) groups excluding carboxylic acids is 2. The van der Waals surface area contributed by atoms with E-state index in [2.05, 4.69) is 24.5 Å². The van der Waals surface area contributed by atoms with Crippen LogP contribution >= 0.6 is 11.3 Å². The van der Waals surface area contributed by atoms with Crippen LogP contribution in [0.2, 0.25) is 0 Å². The molecule has 2 amide bonds. The summed E-state index contributed by atoms with van der Waals surface area (Å²) in [6, 6.07) is -0.145. The predicted octanol–water partition coefficient (Wildman–Crippen LogP) is 4.67. The number of hydrogen-bond donors (Lipinski definition) is 2. The Hall–Kier alpha value is -1.40. The van der Waals surface area contributed by atoms with Crippen LogP contribution in [0.25, 0.3) is 0 Å². The number of ether oxygens (including phenoxy) is 1. The number of nitrogens with one attached hydrogen (secondary N) is 2. The monoisotopic (exact) mass is 376 g/mol. The van der Waals surface area contributed by atoms with Crippen LogP contribution in [0.5, 0.6) is 0 Å². The van der Waals surface area contributed by atoms with Crippen molar-refractivity contribution < 1.29 is 14.3 Å². The molecule has 5 nitrogen and oxygen atoms in total. The number of rotatable bonds is 5. The van der Waals surface area contributed by atoms with Crippen LogP contribution in [-0.2, 0) is 11.2 Å². The van der Waals surface area contributed by atoms with Crippen molar-refractivity contribution in [3.8, 4) is 0 Å². The number of hydrogen-bond acceptors (Lipinski definition) is 4. The average Bonchev–Trinajstić information content (AvgIpc) is 3.08. The van der Waals surface area contributed by atoms with E-state index in [1.165, 1.54) is 0 Å². The molecule has 2 bridgehead atoms. The largest absolute Gasteiger partial charge is 0.369 e. The molecule has 2 N–H and O–H groups in total. The molecule has 2 aliphatic heterocycles. The summed E-state index contributed by atoms with van der Waals surface area (Å²) in [7, 11) is 0. The van der Waals surface area contributed by atoms with Gasteiger partial charge in [0.2, 0.25) is 0 Å². The molecular formula is C20H28N2O3S. The zero-order valence-corrected chi connectivity index (χ0v) is 16.6. The zero-order valence-electron chi connectivity index (χ0n) is 15.8. The lowest BCUT2D eigenvalue weighted by Gasteiger charge is -2.26. The fraction of sp³-hybridized carbons (Fsp3) is 0.700. The summed E-state index contributed by atoms with van der Waals surface area (Å²) in [5.74, 6) is 0.715. The molecule has 1 aromatic heterocycles. The lowest BCUT2D eigenvalue weighted by Crippen LogP contribution is -2.39. The third kappa shape index (κ3) is 3.18. The number of ketones is 1. The Balaban J connectivity index is 1.62. The van der Waals surface area contributed by atoms with Crippen LogP contribution in [-0.4, -0.2) is 24.0 Å². The highest BCUT2D eigenvalue weighted by atomic mass is 32.1. The minimum Gasteiger partial charge on any atom is -0.369 e. The minimum atomic E-state index is -0.224. The summed E-state index contributed by atoms with van der Waals surface area (Å²) in [4.78, 5) is 26.8. The van der Waals surface area contributed by atoms with E-state index in [0.717, 1.165) is 59.5 Å². The van der Waals surface area contributed by atoms with E-state index in [-0.39, 0.29) is 36.0 Å². The van der Waals surface area contributed by atoms with Gasteiger partial charge in [-0.2, -0.15) is 0 Å². The van der Waals surface area contributed by atoms with Gasteiger partial charge in [-0.3, -0.25) is 10.1 Å². The molecule has 2 fully saturated rings. The van der Waals surface area contributed by atoms with E-state index < -0.39 is 0 Å². The van der Waals surface area contributed by atoms with Crippen LogP contribution in [0.3, 0.4) is 0 Å². The minimum absolute atomic E-state index is 0.0784. The summed E-state index contributed by atoms with van der Waals surface area (Å²) < 4.78 is 6.04. The molecule has 1 aromatic rings. The fourth-order valence-electron chi connectivity index (χ4n) is 3.96. The molecule has 0 spiro atoms. The second-order valence-corrected chi connectivity index (χ2v) is 9.35. The molecule has 1 saturated carbocycles. The average molecular weight is 377 g/mol. The van der Waals surface area contributed by atoms with Crippen molar-refractivity contribution in [2.75, 3.05) is 5.32 Å². The van der Waals surface area contributed by atoms with Gasteiger partial charge in [0.25, 0.3) is 0 Å². The van der Waals surface area contributed by atoms with Crippen molar-refractivity contribution in [1.29, 1.82) is 0 Å². The fourth-order valence-corrected chi connectivity index (χ4v) is 5.26. The lowest BCUT2D eigenvalue weighted by molar-refractivity contribution is 0.0347. The first-order chi connectivity index (χ1) is 12.4. The summed E-state index contributed by atoms with van der Waals surface area (Å²) in [5, 5.41) is 6.69. The van der Waals surface area contributed by atoms with Gasteiger partial charge in [-0.25, -0.2) is 4.79 Å². The standard InChI is InChI=1S/C20H28N2O3S/c1-10(2)11(3)21-20(24)22-19-16(17(23)12-5-4-6-12)14-9-13-7-8-15(25-13)18(14)26-19/h10-13,15H,4-9H2,1-3H3,(H2,21,22,24). The van der Waals surface area contributed by atoms with E-state index in [9.17, 15) is 9.59 Å². The highest BCUT2D eigenvalue weighted by Gasteiger charge is 2.41. The van der Waals surface area contributed by atoms with Gasteiger partial charge in [0.15, 0.2) is 5.78 Å². The molecule has 142 valence electrons. The summed E-state index contributed by atoms with van der Waals surface area (Å²) in [5.41, 5.74) is 1.93. The molecule has 3 aliphatic rings. The molecule has 3 unspecified atom stereocenters. The second kappa shape index (κ2) is 6.97. The first kappa shape index (κ1) is 18.0. The summed E-state index contributed by atoms with van der Waals surface area (Å²) in [6.07, 6.45) is 6.32. The zero-order chi connectivity index (χ0) is 18.4. The molecule has 3 atom stereocenters. The molecule has 6 heteroatoms. The molecule has 0 aromatic carbocycles. The quantitative estimate of drug-likeness (QED) is 0.734. The van der Waals surface area contributed by atoms with Crippen LogP contribution in [0.4, 0.5) is 9.80 Å². The Morgan fingerprint density at radius 1 is 1.15 bits per heavy atom. The van der Waals surface area contributed by atoms with Crippen molar-refractivity contribution in [2.45, 2.75) is 77.5 Å². The van der Waals surface area contributed by atoms with Crippen molar-refractivity contribution in [1.82, 2.24) is 5.32 Å². The molecular weight excluding hydrogens is 348 g/mol. The van der Waals surface area contributed by atoms with Crippen LogP contribution < -0.4 is 10.6 Å². The number of anilines is 1. The molecule has 1 aliphatic carbocycles. The normalized spacial score (nSPS) is 25.5. The third-order valence-electron chi connectivity index (χ3n) is 6.18. The van der Waals surface area contributed by atoms with E-state index >= 15 is 0 Å². The lowest BCUT2D eigenvalue weighted by atomic mass is 9.79. The van der Waals surface area contributed by atoms with Gasteiger partial charge in [-0.15, -0.1) is 11.3 Å². The van der Waals surface area contributed by atoms with Gasteiger partial charge in [-0.1, -0.05) is 20.3 Å². The smallest absolute Gasteiger partial charge is 0.320 e. The molecule has 1 saturated heterocycles. The number of carbonyl (C=O) groups is 2. The van der Waals surface area contributed by atoms with E-state index in [4.69, 9.17) is 4.74 Å². The highest BCUT2D eigenvalue weighted by Crippen LogP contribution is 2.50. The van der Waals surface area contributed by atoms with Crippen LogP contribution in [0, 0.1) is 11.8 Å². The number of Topliss-reactive ketones (excluding diaryl/α,β-unsaturated/α-hetero) is 1. The van der Waals surface area contributed by atoms with Gasteiger partial charge >= 0.3 is 6.03 Å². The van der Waals surface area contributed by atoms with E-state index in [0.29, 0.717) is 5.92 Å². The summed E-state index contributed by atoms with van der Waals surface area (Å²) in [6.45, 7) is 6.15. The molecule has 26 heavy (non-hydrogen) atoms. The molecule has 0 radical (unpaired) electrons. The Morgan fingerprint density at radius 2 is 1.92 bits per heavy atom. The van der Waals surface area contributed by atoms with Crippen molar-refractivity contribution >= 4 is 28.2 Å². The molecule has 4 rings (SSSR count). The predicted molar refractivity (Wildman–Crippen MR) is 103 cm³/mol. The Morgan fingerprint density at radius 3 is 2.58 bits per heavy atom. The SMILES string of the molecule is CC(C)C(C)NC(=O)Nc1sc2c(c1C(=O)C1CCC1)CC1CCC2O1. The summed E-state index contributed by atoms with van der Waals surface area (Å²) >= 11 is 1.55. The number of thiophene rings is 1. The van der Waals surface area contributed by atoms with Gasteiger partial charge in [0.05, 0.1) is 17.8 Å². The van der Waals surface area contributed by atoms with Crippen molar-refractivity contribution in [2.24, 2.45) is 11.8 Å². The third-order valence-corrected chi connectivity index (χ3v) is 7.42. The maximum Gasteiger partial charge on any atom is 0.320 e. The van der Waals surface area contributed by atoms with Gasteiger partial charge < -0.3 is 10.1 Å². The van der Waals surface area contributed by atoms with Gasteiger partial charge in [0.1, 0.15) is 5.00 Å². The maximum absolute atomic E-state index is 13.1. The van der Waals surface area contributed by atoms with Crippen molar-refractivity contribution in [3.05, 3.63) is 16.0 Å². The second-order valence-electron chi connectivity index (χ2n) is 8.30. The Labute approximate surface area is 158 Å². The maximum atomic E-state index is 13.1. The van der Waals surface area contributed by atoms with E-state index in [1.807, 2.05) is 6.92 Å². The van der Waals surface area contributed by atoms with Crippen LogP contribution in [0.15, 0.2) is 0 Å². The molecule has 3 heterocycles. The topological polar surface area (TPSA) is 67.4 Å². The Bertz CT molecular complexity index is 723. The highest BCUT2D eigenvalue weighted by molar-refractivity contribution is 7.17. The number of urea groups is 1. The van der Waals surface area contributed by atoms with Crippen LogP contribution in [0.1, 0.15) is 79.8 Å². The van der Waals surface area contributed by atoms with Gasteiger partial charge in [-0.05, 0) is 44.1 Å². The van der Waals surface area contributed by atoms with E-state index in [1.54, 1.807) is 11.3 Å². The van der Waals surface area contributed by atoms with Gasteiger partial charge in [0, 0.05) is 23.3 Å². The first-order valence-electron chi connectivity index (χ1n) is 9.86. The first-order valence-corrected chi connectivity index (χ1v) is 10.7. The number of fused-ring (bicyclic) bond motifs is 4. The van der Waals surface area contributed by atoms with Crippen molar-refractivity contribution in [3.63, 3.8) is 0 Å².